The van der Waals surface area contributed by atoms with Crippen molar-refractivity contribution in [2.75, 3.05) is 51.5 Å². The molecule has 3 aromatic rings. The molecule has 1 aliphatic rings. The van der Waals surface area contributed by atoms with Crippen LogP contribution in [-0.4, -0.2) is 67.5 Å². The average molecular weight is 524 g/mol. The number of hydrogen-bond acceptors (Lipinski definition) is 8. The molecule has 1 aromatic heterocycles. The molecule has 0 fully saturated rings. The molecule has 10 nitrogen and oxygen atoms in total. The van der Waals surface area contributed by atoms with Crippen molar-refractivity contribution < 1.29 is 14.3 Å². The lowest BCUT2D eigenvalue weighted by atomic mass is 10.0. The Morgan fingerprint density at radius 1 is 1.03 bits per heavy atom. The highest BCUT2D eigenvalue weighted by molar-refractivity contribution is 6.33. The molecule has 0 saturated carbocycles. The number of carbonyl (C=O) groups excluding carboxylic acids is 2. The summed E-state index contributed by atoms with van der Waals surface area (Å²) in [6.07, 6.45) is 3.11. The van der Waals surface area contributed by atoms with Gasteiger partial charge in [-0.15, -0.1) is 0 Å². The van der Waals surface area contributed by atoms with Gasteiger partial charge < -0.3 is 26.0 Å². The summed E-state index contributed by atoms with van der Waals surface area (Å²) in [7, 11) is 4.84. The van der Waals surface area contributed by atoms with E-state index >= 15 is 0 Å². The maximum absolute atomic E-state index is 12.3. The number of rotatable bonds is 8. The summed E-state index contributed by atoms with van der Waals surface area (Å²) in [6, 6.07) is 11.2. The van der Waals surface area contributed by atoms with E-state index in [0.29, 0.717) is 40.3 Å². The van der Waals surface area contributed by atoms with Gasteiger partial charge in [0, 0.05) is 27.2 Å². The number of nitrogens with zero attached hydrogens (tertiary/aromatic N) is 3. The number of para-hydroxylation sites is 1. The molecule has 2 heterocycles. The summed E-state index contributed by atoms with van der Waals surface area (Å²) in [5.41, 5.74) is 4.12. The largest absolute Gasteiger partial charge is 0.495 e. The highest BCUT2D eigenvalue weighted by Crippen LogP contribution is 2.33. The van der Waals surface area contributed by atoms with Crippen LogP contribution in [0, 0.1) is 0 Å². The topological polar surface area (TPSA) is 121 Å². The second kappa shape index (κ2) is 11.9. The Morgan fingerprint density at radius 2 is 1.76 bits per heavy atom. The molecule has 0 atom stereocenters. The molecule has 0 spiro atoms. The molecule has 0 radical (unpaired) electrons. The first-order valence-corrected chi connectivity index (χ1v) is 12.3. The van der Waals surface area contributed by atoms with Gasteiger partial charge in [0.2, 0.25) is 11.9 Å². The molecule has 2 aromatic carbocycles. The Kier molecular flexibility index (Phi) is 8.42. The van der Waals surface area contributed by atoms with Crippen LogP contribution in [0.15, 0.2) is 42.6 Å². The summed E-state index contributed by atoms with van der Waals surface area (Å²) in [6.45, 7) is 1.95. The van der Waals surface area contributed by atoms with Crippen molar-refractivity contribution in [3.63, 3.8) is 0 Å². The molecule has 0 bridgehead atoms. The fraction of sp³-hybridized carbons (Fsp3) is 0.308. The number of hydrogen-bond donors (Lipinski definition) is 4. The predicted octanol–water partition coefficient (Wildman–Crippen LogP) is 3.13. The number of amides is 2. The first-order chi connectivity index (χ1) is 17.9. The quantitative estimate of drug-likeness (QED) is 0.355. The average Bonchev–Trinajstić information content (AvgIpc) is 3.11. The van der Waals surface area contributed by atoms with Gasteiger partial charge in [0.25, 0.3) is 5.91 Å². The number of benzene rings is 2. The zero-order valence-electron chi connectivity index (χ0n) is 21.0. The van der Waals surface area contributed by atoms with Crippen molar-refractivity contribution >= 4 is 46.6 Å². The summed E-state index contributed by atoms with van der Waals surface area (Å²) >= 11 is 6.37. The van der Waals surface area contributed by atoms with Gasteiger partial charge in [0.1, 0.15) is 10.8 Å². The van der Waals surface area contributed by atoms with E-state index in [-0.39, 0.29) is 11.8 Å². The lowest BCUT2D eigenvalue weighted by Gasteiger charge is -2.18. The second-order valence-corrected chi connectivity index (χ2v) is 8.94. The zero-order valence-corrected chi connectivity index (χ0v) is 21.8. The number of methoxy groups -OCH3 is 1. The number of halogens is 1. The SMILES string of the molecule is CNC(=O)CN1CCc2cc(Nc3ncc(Cl)c(Nc4ccccc4C(=O)NC)n3)c(OC)cc2CC1. The molecule has 0 unspecified atom stereocenters. The molecular weight excluding hydrogens is 494 g/mol. The highest BCUT2D eigenvalue weighted by atomic mass is 35.5. The minimum absolute atomic E-state index is 0.00754. The van der Waals surface area contributed by atoms with Crippen LogP contribution in [0.25, 0.3) is 0 Å². The number of carbonyl (C=O) groups is 2. The van der Waals surface area contributed by atoms with E-state index in [9.17, 15) is 9.59 Å². The first kappa shape index (κ1) is 26.2. The third-order valence-corrected chi connectivity index (χ3v) is 6.48. The maximum atomic E-state index is 12.3. The maximum Gasteiger partial charge on any atom is 0.253 e. The fourth-order valence-corrected chi connectivity index (χ4v) is 4.33. The van der Waals surface area contributed by atoms with Gasteiger partial charge in [0.15, 0.2) is 5.82 Å². The van der Waals surface area contributed by atoms with Crippen LogP contribution in [0.3, 0.4) is 0 Å². The number of nitrogens with one attached hydrogen (secondary N) is 4. The van der Waals surface area contributed by atoms with E-state index in [1.54, 1.807) is 39.4 Å². The van der Waals surface area contributed by atoms with Crippen LogP contribution in [0.1, 0.15) is 21.5 Å². The zero-order chi connectivity index (χ0) is 26.4. The molecule has 2 amide bonds. The Hall–Kier alpha value is -3.89. The van der Waals surface area contributed by atoms with Crippen molar-refractivity contribution in [3.05, 3.63) is 64.3 Å². The van der Waals surface area contributed by atoms with Crippen LogP contribution < -0.4 is 26.0 Å². The van der Waals surface area contributed by atoms with E-state index in [1.807, 2.05) is 18.2 Å². The number of likely N-dealkylation sites (N-methyl/N-ethyl adjacent to an activating group) is 1. The van der Waals surface area contributed by atoms with E-state index in [4.69, 9.17) is 16.3 Å². The molecule has 0 aliphatic carbocycles. The Labute approximate surface area is 220 Å². The van der Waals surface area contributed by atoms with Crippen LogP contribution in [-0.2, 0) is 17.6 Å². The van der Waals surface area contributed by atoms with E-state index in [2.05, 4.69) is 36.1 Å². The predicted molar refractivity (Wildman–Crippen MR) is 144 cm³/mol. The Bertz CT molecular complexity index is 1300. The molecule has 4 rings (SSSR count). The van der Waals surface area contributed by atoms with Crippen LogP contribution >= 0.6 is 11.6 Å². The van der Waals surface area contributed by atoms with Gasteiger partial charge in [0.05, 0.1) is 36.8 Å². The summed E-state index contributed by atoms with van der Waals surface area (Å²) in [5.74, 6) is 1.12. The second-order valence-electron chi connectivity index (χ2n) is 8.54. The third kappa shape index (κ3) is 6.28. The van der Waals surface area contributed by atoms with Crippen molar-refractivity contribution in [2.45, 2.75) is 12.8 Å². The molecule has 11 heteroatoms. The van der Waals surface area contributed by atoms with E-state index in [0.717, 1.165) is 31.6 Å². The summed E-state index contributed by atoms with van der Waals surface area (Å²) < 4.78 is 5.66. The number of aromatic nitrogens is 2. The minimum Gasteiger partial charge on any atom is -0.495 e. The van der Waals surface area contributed by atoms with Gasteiger partial charge in [-0.25, -0.2) is 4.98 Å². The summed E-state index contributed by atoms with van der Waals surface area (Å²) in [5, 5.41) is 12.0. The Morgan fingerprint density at radius 3 is 2.46 bits per heavy atom. The smallest absolute Gasteiger partial charge is 0.253 e. The van der Waals surface area contributed by atoms with Crippen LogP contribution in [0.5, 0.6) is 5.75 Å². The van der Waals surface area contributed by atoms with Crippen molar-refractivity contribution in [2.24, 2.45) is 0 Å². The van der Waals surface area contributed by atoms with Crippen LogP contribution in [0.2, 0.25) is 5.02 Å². The molecule has 194 valence electrons. The van der Waals surface area contributed by atoms with Gasteiger partial charge in [-0.05, 0) is 48.2 Å². The number of fused-ring (bicyclic) bond motifs is 1. The normalized spacial score (nSPS) is 13.2. The van der Waals surface area contributed by atoms with Gasteiger partial charge in [-0.1, -0.05) is 23.7 Å². The van der Waals surface area contributed by atoms with Gasteiger partial charge in [-0.3, -0.25) is 14.5 Å². The minimum atomic E-state index is -0.227. The monoisotopic (exact) mass is 523 g/mol. The molecule has 4 N–H and O–H groups in total. The lowest BCUT2D eigenvalue weighted by molar-refractivity contribution is -0.121. The van der Waals surface area contributed by atoms with Gasteiger partial charge in [-0.2, -0.15) is 4.98 Å². The summed E-state index contributed by atoms with van der Waals surface area (Å²) in [4.78, 5) is 35.1. The molecule has 0 saturated heterocycles. The van der Waals surface area contributed by atoms with E-state index < -0.39 is 0 Å². The molecular formula is C26H30ClN7O3. The first-order valence-electron chi connectivity index (χ1n) is 11.9. The third-order valence-electron chi connectivity index (χ3n) is 6.20. The molecule has 37 heavy (non-hydrogen) atoms. The number of ether oxygens (including phenoxy) is 1. The highest BCUT2D eigenvalue weighted by Gasteiger charge is 2.19. The van der Waals surface area contributed by atoms with Crippen LogP contribution in [0.4, 0.5) is 23.1 Å². The van der Waals surface area contributed by atoms with Crippen molar-refractivity contribution in [3.8, 4) is 5.75 Å². The van der Waals surface area contributed by atoms with E-state index in [1.165, 1.54) is 17.3 Å². The molecule has 1 aliphatic heterocycles. The van der Waals surface area contributed by atoms with Crippen molar-refractivity contribution in [1.29, 1.82) is 0 Å². The Balaban J connectivity index is 1.57. The fourth-order valence-electron chi connectivity index (χ4n) is 4.20. The number of anilines is 4. The van der Waals surface area contributed by atoms with Crippen molar-refractivity contribution in [1.82, 2.24) is 25.5 Å². The standard InChI is InChI=1S/C26H30ClN7O3/c1-28-23(35)15-34-10-8-16-12-21(22(37-3)13-17(16)9-11-34)32-26-30-14-19(27)24(33-26)31-20-7-5-4-6-18(20)25(36)29-2/h4-7,12-14H,8-11,15H2,1-3H3,(H,28,35)(H,29,36)(H2,30,31,32,33). The lowest BCUT2D eigenvalue weighted by Crippen LogP contribution is -2.37. The van der Waals surface area contributed by atoms with Gasteiger partial charge >= 0.3 is 0 Å².